The van der Waals surface area contributed by atoms with Gasteiger partial charge in [0.15, 0.2) is 0 Å². The zero-order valence-electron chi connectivity index (χ0n) is 10.9. The second kappa shape index (κ2) is 6.10. The number of nitrogens with zero attached hydrogens (tertiary/aromatic N) is 4. The lowest BCUT2D eigenvalue weighted by atomic mass is 10.3. The molecule has 2 aromatic rings. The van der Waals surface area contributed by atoms with Gasteiger partial charge in [0.05, 0.1) is 6.33 Å². The highest BCUT2D eigenvalue weighted by Crippen LogP contribution is 2.14. The first kappa shape index (κ1) is 13.2. The van der Waals surface area contributed by atoms with E-state index in [-0.39, 0.29) is 5.91 Å². The zero-order chi connectivity index (χ0) is 13.7. The van der Waals surface area contributed by atoms with E-state index in [1.165, 1.54) is 0 Å². The maximum Gasteiger partial charge on any atom is 0.278 e. The van der Waals surface area contributed by atoms with Crippen molar-refractivity contribution in [3.05, 3.63) is 42.7 Å². The number of hydrogen-bond acceptors (Lipinski definition) is 4. The van der Waals surface area contributed by atoms with E-state index in [9.17, 15) is 4.79 Å². The summed E-state index contributed by atoms with van der Waals surface area (Å²) in [6.07, 6.45) is 6.68. The van der Waals surface area contributed by atoms with Crippen LogP contribution in [-0.4, -0.2) is 33.5 Å². The molecule has 1 amide bonds. The number of aromatic nitrogens is 3. The molecule has 0 radical (unpaired) electrons. The van der Waals surface area contributed by atoms with E-state index in [1.807, 2.05) is 11.5 Å². The normalized spacial score (nSPS) is 10.4. The number of imidazole rings is 1. The number of pyridine rings is 1. The summed E-state index contributed by atoms with van der Waals surface area (Å²) in [5, 5.41) is 0. The van der Waals surface area contributed by atoms with Gasteiger partial charge < -0.3 is 15.2 Å². The average molecular weight is 259 g/mol. The first-order chi connectivity index (χ1) is 9.26. The molecule has 0 aliphatic heterocycles. The van der Waals surface area contributed by atoms with E-state index in [4.69, 9.17) is 5.73 Å². The minimum Gasteiger partial charge on any atom is -0.335 e. The minimum absolute atomic E-state index is 0.121. The van der Waals surface area contributed by atoms with E-state index in [0.717, 1.165) is 5.69 Å². The van der Waals surface area contributed by atoms with Crippen LogP contribution in [-0.2, 0) is 6.54 Å². The fraction of sp³-hybridized carbons (Fsp3) is 0.308. The van der Waals surface area contributed by atoms with Gasteiger partial charge in [0, 0.05) is 43.9 Å². The van der Waals surface area contributed by atoms with Crippen molar-refractivity contribution >= 4 is 11.6 Å². The van der Waals surface area contributed by atoms with Crippen molar-refractivity contribution in [2.45, 2.75) is 13.5 Å². The largest absolute Gasteiger partial charge is 0.335 e. The Balaban J connectivity index is 2.20. The van der Waals surface area contributed by atoms with Crippen molar-refractivity contribution in [3.63, 3.8) is 0 Å². The van der Waals surface area contributed by atoms with Crippen LogP contribution >= 0.6 is 0 Å². The Morgan fingerprint density at radius 1 is 1.42 bits per heavy atom. The number of carbonyl (C=O) groups excluding carboxylic acids is 1. The van der Waals surface area contributed by atoms with Crippen molar-refractivity contribution in [1.29, 1.82) is 0 Å². The van der Waals surface area contributed by atoms with Crippen LogP contribution in [0.25, 0.3) is 0 Å². The predicted octanol–water partition coefficient (Wildman–Crippen LogP) is 0.903. The first-order valence-electron chi connectivity index (χ1n) is 6.20. The van der Waals surface area contributed by atoms with Crippen LogP contribution in [0, 0.1) is 0 Å². The third-order valence-electron chi connectivity index (χ3n) is 2.78. The van der Waals surface area contributed by atoms with E-state index >= 15 is 0 Å². The molecule has 2 N–H and O–H groups in total. The highest BCUT2D eigenvalue weighted by Gasteiger charge is 2.18. The maximum absolute atomic E-state index is 12.4. The summed E-state index contributed by atoms with van der Waals surface area (Å²) in [5.41, 5.74) is 6.71. The Labute approximate surface area is 111 Å². The van der Waals surface area contributed by atoms with Gasteiger partial charge in [0.1, 0.15) is 5.69 Å². The molecule has 0 bridgehead atoms. The fourth-order valence-electron chi connectivity index (χ4n) is 1.85. The van der Waals surface area contributed by atoms with Gasteiger partial charge in [-0.25, -0.2) is 4.98 Å². The SMILES string of the molecule is CCN(C(=O)c1cn(CCN)cn1)c1ccncc1. The van der Waals surface area contributed by atoms with Gasteiger partial charge >= 0.3 is 0 Å². The van der Waals surface area contributed by atoms with E-state index in [2.05, 4.69) is 9.97 Å². The molecule has 0 saturated heterocycles. The second-order valence-electron chi connectivity index (χ2n) is 4.04. The van der Waals surface area contributed by atoms with Crippen LogP contribution < -0.4 is 10.6 Å². The smallest absolute Gasteiger partial charge is 0.278 e. The fourth-order valence-corrected chi connectivity index (χ4v) is 1.85. The zero-order valence-corrected chi connectivity index (χ0v) is 10.9. The summed E-state index contributed by atoms with van der Waals surface area (Å²) in [7, 11) is 0. The monoisotopic (exact) mass is 259 g/mol. The molecule has 6 heteroatoms. The van der Waals surface area contributed by atoms with Crippen molar-refractivity contribution < 1.29 is 4.79 Å². The number of carbonyl (C=O) groups is 1. The molecule has 6 nitrogen and oxygen atoms in total. The molecule has 0 atom stereocenters. The Hall–Kier alpha value is -2.21. The predicted molar refractivity (Wildman–Crippen MR) is 72.9 cm³/mol. The molecular weight excluding hydrogens is 242 g/mol. The molecule has 19 heavy (non-hydrogen) atoms. The van der Waals surface area contributed by atoms with E-state index < -0.39 is 0 Å². The molecule has 2 rings (SSSR count). The second-order valence-corrected chi connectivity index (χ2v) is 4.04. The topological polar surface area (TPSA) is 77.0 Å². The summed E-state index contributed by atoms with van der Waals surface area (Å²) < 4.78 is 1.81. The van der Waals surface area contributed by atoms with Gasteiger partial charge in [-0.15, -0.1) is 0 Å². The van der Waals surface area contributed by atoms with Crippen LogP contribution in [0.15, 0.2) is 37.1 Å². The lowest BCUT2D eigenvalue weighted by Crippen LogP contribution is -2.30. The molecular formula is C13H17N5O. The Kier molecular flexibility index (Phi) is 4.25. The third kappa shape index (κ3) is 2.97. The molecule has 100 valence electrons. The van der Waals surface area contributed by atoms with Crippen LogP contribution in [0.2, 0.25) is 0 Å². The first-order valence-corrected chi connectivity index (χ1v) is 6.20. The van der Waals surface area contributed by atoms with Crippen molar-refractivity contribution in [2.75, 3.05) is 18.0 Å². The van der Waals surface area contributed by atoms with Gasteiger partial charge in [-0.2, -0.15) is 0 Å². The highest BCUT2D eigenvalue weighted by molar-refractivity contribution is 6.04. The van der Waals surface area contributed by atoms with E-state index in [1.54, 1.807) is 42.0 Å². The number of nitrogens with two attached hydrogens (primary N) is 1. The van der Waals surface area contributed by atoms with E-state index in [0.29, 0.717) is 25.3 Å². The molecule has 0 aliphatic carbocycles. The molecule has 2 aromatic heterocycles. The summed E-state index contributed by atoms with van der Waals surface area (Å²) in [6.45, 7) is 3.68. The third-order valence-corrected chi connectivity index (χ3v) is 2.78. The molecule has 0 spiro atoms. The quantitative estimate of drug-likeness (QED) is 0.865. The highest BCUT2D eigenvalue weighted by atomic mass is 16.2. The van der Waals surface area contributed by atoms with Crippen LogP contribution in [0.1, 0.15) is 17.4 Å². The van der Waals surface area contributed by atoms with Gasteiger partial charge in [-0.05, 0) is 19.1 Å². The average Bonchev–Trinajstić information content (AvgIpc) is 2.90. The van der Waals surface area contributed by atoms with Crippen LogP contribution in [0.3, 0.4) is 0 Å². The van der Waals surface area contributed by atoms with Gasteiger partial charge in [0.25, 0.3) is 5.91 Å². The molecule has 0 saturated carbocycles. The molecule has 0 fully saturated rings. The number of hydrogen-bond donors (Lipinski definition) is 1. The van der Waals surface area contributed by atoms with Gasteiger partial charge in [-0.1, -0.05) is 0 Å². The van der Waals surface area contributed by atoms with Crippen LogP contribution in [0.4, 0.5) is 5.69 Å². The Morgan fingerprint density at radius 2 is 2.16 bits per heavy atom. The lowest BCUT2D eigenvalue weighted by Gasteiger charge is -2.19. The minimum atomic E-state index is -0.121. The summed E-state index contributed by atoms with van der Waals surface area (Å²) >= 11 is 0. The molecule has 0 aliphatic rings. The number of rotatable bonds is 5. The molecule has 0 aromatic carbocycles. The van der Waals surface area contributed by atoms with Gasteiger partial charge in [0.2, 0.25) is 0 Å². The Bertz CT molecular complexity index is 537. The van der Waals surface area contributed by atoms with Crippen molar-refractivity contribution in [3.8, 4) is 0 Å². The van der Waals surface area contributed by atoms with Gasteiger partial charge in [-0.3, -0.25) is 9.78 Å². The number of anilines is 1. The summed E-state index contributed by atoms with van der Waals surface area (Å²) in [5.74, 6) is -0.121. The van der Waals surface area contributed by atoms with Crippen molar-refractivity contribution in [2.24, 2.45) is 5.73 Å². The summed E-state index contributed by atoms with van der Waals surface area (Å²) in [6, 6.07) is 3.61. The Morgan fingerprint density at radius 3 is 2.79 bits per heavy atom. The van der Waals surface area contributed by atoms with Crippen LogP contribution in [0.5, 0.6) is 0 Å². The summed E-state index contributed by atoms with van der Waals surface area (Å²) in [4.78, 5) is 22.1. The maximum atomic E-state index is 12.4. The number of amides is 1. The lowest BCUT2D eigenvalue weighted by molar-refractivity contribution is 0.0984. The molecule has 0 unspecified atom stereocenters. The molecule has 2 heterocycles. The standard InChI is InChI=1S/C13H17N5O/c1-2-18(11-3-6-15-7-4-11)13(19)12-9-17(8-5-14)10-16-12/h3-4,6-7,9-10H,2,5,8,14H2,1H3. The van der Waals surface area contributed by atoms with Crippen molar-refractivity contribution in [1.82, 2.24) is 14.5 Å².